The van der Waals surface area contributed by atoms with Gasteiger partial charge in [-0.25, -0.2) is 15.0 Å². The molecule has 14 heteroatoms. The van der Waals surface area contributed by atoms with Crippen LogP contribution >= 0.6 is 15.9 Å². The van der Waals surface area contributed by atoms with Crippen LogP contribution in [0.3, 0.4) is 0 Å². The third-order valence-electron chi connectivity index (χ3n) is 5.60. The number of nitrogens with one attached hydrogen (secondary N) is 2. The van der Waals surface area contributed by atoms with Gasteiger partial charge in [-0.1, -0.05) is 23.9 Å². The Kier molecular flexibility index (Phi) is 7.78. The van der Waals surface area contributed by atoms with E-state index < -0.39 is 35.6 Å². The summed E-state index contributed by atoms with van der Waals surface area (Å²) in [6.45, 7) is 15.7. The monoisotopic (exact) mass is 584 g/mol. The number of rotatable bonds is 9. The zero-order chi connectivity index (χ0) is 26.2. The number of hydrazine groups is 1. The van der Waals surface area contributed by atoms with Crippen molar-refractivity contribution in [2.24, 2.45) is 7.05 Å². The summed E-state index contributed by atoms with van der Waals surface area (Å²) in [5.74, 6) is -1.17. The molecule has 1 aromatic heterocycles. The standard InChI is InChI=1S/C21H29BrN6O5SSi/c1-14(29)24-25-20(30)18-16-11-15(12-17(22)19(16)27(3)26-18)34(31,32)28(21(23-2)7-8-21)13-33-9-10-35(4,5)6/h11-12H,7-10,13H2,1,3-6H3,(H,24,29)(H,25,30). The first kappa shape index (κ1) is 27.3. The molecule has 1 heterocycles. The predicted octanol–water partition coefficient (Wildman–Crippen LogP) is 2.83. The summed E-state index contributed by atoms with van der Waals surface area (Å²) in [6.07, 6.45) is 0.849. The molecule has 0 atom stereocenters. The fourth-order valence-electron chi connectivity index (χ4n) is 3.45. The Morgan fingerprint density at radius 3 is 2.51 bits per heavy atom. The number of benzene rings is 1. The average Bonchev–Trinajstić information content (AvgIpc) is 3.47. The summed E-state index contributed by atoms with van der Waals surface area (Å²) in [5.41, 5.74) is 3.72. The highest BCUT2D eigenvalue weighted by atomic mass is 79.9. The van der Waals surface area contributed by atoms with E-state index >= 15 is 0 Å². The first-order valence-electron chi connectivity index (χ1n) is 10.9. The van der Waals surface area contributed by atoms with Crippen molar-refractivity contribution in [3.63, 3.8) is 0 Å². The second kappa shape index (κ2) is 9.98. The van der Waals surface area contributed by atoms with Gasteiger partial charge in [-0.05, 0) is 34.1 Å². The number of hydrogen-bond acceptors (Lipinski definition) is 6. The normalized spacial score (nSPS) is 15.1. The first-order valence-corrected chi connectivity index (χ1v) is 16.9. The van der Waals surface area contributed by atoms with E-state index in [-0.39, 0.29) is 22.7 Å². The van der Waals surface area contributed by atoms with Crippen LogP contribution in [0.25, 0.3) is 15.7 Å². The smallest absolute Gasteiger partial charge is 0.303 e. The molecule has 1 aromatic carbocycles. The Morgan fingerprint density at radius 1 is 1.31 bits per heavy atom. The summed E-state index contributed by atoms with van der Waals surface area (Å²) in [7, 11) is -3.92. The number of carbonyl (C=O) groups is 2. The number of amides is 2. The highest BCUT2D eigenvalue weighted by molar-refractivity contribution is 9.10. The topological polar surface area (TPSA) is 127 Å². The maximum Gasteiger partial charge on any atom is 0.303 e. The van der Waals surface area contributed by atoms with Crippen molar-refractivity contribution in [2.45, 2.75) is 56.0 Å². The van der Waals surface area contributed by atoms with Gasteiger partial charge in [0.1, 0.15) is 6.73 Å². The van der Waals surface area contributed by atoms with Gasteiger partial charge in [-0.2, -0.15) is 5.10 Å². The predicted molar refractivity (Wildman–Crippen MR) is 136 cm³/mol. The number of sulfonamides is 1. The number of hydrogen-bond donors (Lipinski definition) is 2. The Morgan fingerprint density at radius 2 is 1.97 bits per heavy atom. The van der Waals surface area contributed by atoms with E-state index in [9.17, 15) is 18.0 Å². The number of halogens is 1. The minimum Gasteiger partial charge on any atom is -0.365 e. The quantitative estimate of drug-likeness (QED) is 0.153. The molecule has 0 radical (unpaired) electrons. The summed E-state index contributed by atoms with van der Waals surface area (Å²) in [5, 5.41) is 4.48. The van der Waals surface area contributed by atoms with E-state index in [1.54, 1.807) is 7.05 Å². The van der Waals surface area contributed by atoms with Crippen molar-refractivity contribution in [3.8, 4) is 0 Å². The Bertz CT molecular complexity index is 1310. The van der Waals surface area contributed by atoms with Gasteiger partial charge in [0, 0.05) is 38.5 Å². The number of fused-ring (bicyclic) bond motifs is 1. The fraction of sp³-hybridized carbons (Fsp3) is 0.524. The molecule has 0 bridgehead atoms. The third-order valence-corrected chi connectivity index (χ3v) is 9.76. The molecule has 0 aliphatic heterocycles. The molecule has 35 heavy (non-hydrogen) atoms. The van der Waals surface area contributed by atoms with E-state index in [2.05, 4.69) is 56.4 Å². The van der Waals surface area contributed by atoms with Crippen LogP contribution in [-0.2, 0) is 26.6 Å². The SMILES string of the molecule is [C-]#[N+]C1(N(COCC[Si](C)(C)C)S(=O)(=O)c2cc(Br)c3c(c2)c(C(=O)NNC(C)=O)nn3C)CC1. The van der Waals surface area contributed by atoms with Crippen molar-refractivity contribution in [1.29, 1.82) is 0 Å². The third kappa shape index (κ3) is 5.92. The largest absolute Gasteiger partial charge is 0.365 e. The van der Waals surface area contributed by atoms with Crippen molar-refractivity contribution in [3.05, 3.63) is 33.7 Å². The molecule has 0 saturated heterocycles. The lowest BCUT2D eigenvalue weighted by molar-refractivity contribution is -0.119. The number of aromatic nitrogens is 2. The van der Waals surface area contributed by atoms with Crippen LogP contribution in [0.15, 0.2) is 21.5 Å². The molecule has 1 fully saturated rings. The van der Waals surface area contributed by atoms with Gasteiger partial charge in [0.05, 0.1) is 23.3 Å². The van der Waals surface area contributed by atoms with Gasteiger partial charge in [0.2, 0.25) is 5.91 Å². The van der Waals surface area contributed by atoms with Crippen LogP contribution in [0, 0.1) is 6.57 Å². The summed E-state index contributed by atoms with van der Waals surface area (Å²) >= 11 is 3.40. The minimum atomic E-state index is -4.16. The van der Waals surface area contributed by atoms with Gasteiger partial charge >= 0.3 is 5.66 Å². The molecular formula is C21H29BrN6O5SSi. The van der Waals surface area contributed by atoms with E-state index in [0.717, 1.165) is 10.3 Å². The van der Waals surface area contributed by atoms with Crippen LogP contribution in [0.1, 0.15) is 30.3 Å². The lowest BCUT2D eigenvalue weighted by Gasteiger charge is -2.24. The molecule has 3 rings (SSSR count). The van der Waals surface area contributed by atoms with Crippen molar-refractivity contribution in [1.82, 2.24) is 24.9 Å². The van der Waals surface area contributed by atoms with Gasteiger partial charge in [-0.3, -0.25) is 30.0 Å². The summed E-state index contributed by atoms with van der Waals surface area (Å²) in [4.78, 5) is 27.3. The average molecular weight is 586 g/mol. The lowest BCUT2D eigenvalue weighted by atomic mass is 10.2. The number of carbonyl (C=O) groups excluding carboxylic acids is 2. The van der Waals surface area contributed by atoms with E-state index in [0.29, 0.717) is 29.4 Å². The zero-order valence-electron chi connectivity index (χ0n) is 20.3. The van der Waals surface area contributed by atoms with Crippen molar-refractivity contribution < 1.29 is 22.7 Å². The molecule has 2 aromatic rings. The van der Waals surface area contributed by atoms with Crippen molar-refractivity contribution in [2.75, 3.05) is 13.3 Å². The fourth-order valence-corrected chi connectivity index (χ4v) is 6.75. The molecule has 2 amide bonds. The second-order valence-corrected chi connectivity index (χ2v) is 18.0. The Labute approximate surface area is 214 Å². The Hall–Kier alpha value is -2.31. The first-order chi connectivity index (χ1) is 16.2. The number of aryl methyl sites for hydroxylation is 1. The zero-order valence-corrected chi connectivity index (χ0v) is 23.7. The minimum absolute atomic E-state index is 0.0572. The van der Waals surface area contributed by atoms with Crippen LogP contribution < -0.4 is 10.9 Å². The maximum absolute atomic E-state index is 13.8. The molecule has 0 unspecified atom stereocenters. The highest BCUT2D eigenvalue weighted by Crippen LogP contribution is 2.46. The highest BCUT2D eigenvalue weighted by Gasteiger charge is 2.61. The molecular weight excluding hydrogens is 556 g/mol. The number of nitrogens with zero attached hydrogens (tertiary/aromatic N) is 4. The van der Waals surface area contributed by atoms with Crippen LogP contribution in [-0.4, -0.2) is 61.4 Å². The van der Waals surface area contributed by atoms with Gasteiger partial charge in [-0.15, -0.1) is 0 Å². The molecule has 1 aliphatic rings. The molecule has 1 aliphatic carbocycles. The molecule has 190 valence electrons. The van der Waals surface area contributed by atoms with Crippen LogP contribution in [0.4, 0.5) is 0 Å². The molecule has 11 nitrogen and oxygen atoms in total. The van der Waals surface area contributed by atoms with E-state index in [1.807, 2.05) is 0 Å². The van der Waals surface area contributed by atoms with Crippen LogP contribution in [0.5, 0.6) is 0 Å². The summed E-state index contributed by atoms with van der Waals surface area (Å²) < 4.78 is 36.3. The van der Waals surface area contributed by atoms with Gasteiger partial charge < -0.3 is 4.74 Å². The van der Waals surface area contributed by atoms with Gasteiger partial charge in [0.15, 0.2) is 5.69 Å². The van der Waals surface area contributed by atoms with Crippen molar-refractivity contribution >= 4 is 56.7 Å². The molecule has 1 saturated carbocycles. The van der Waals surface area contributed by atoms with Gasteiger partial charge in [0.25, 0.3) is 15.9 Å². The van der Waals surface area contributed by atoms with E-state index in [4.69, 9.17) is 11.3 Å². The van der Waals surface area contributed by atoms with Crippen LogP contribution in [0.2, 0.25) is 25.7 Å². The maximum atomic E-state index is 13.8. The second-order valence-electron chi connectivity index (χ2n) is 9.70. The lowest BCUT2D eigenvalue weighted by Crippen LogP contribution is -2.42. The number of ether oxygens (including phenoxy) is 1. The Balaban J connectivity index is 2.01. The molecule has 2 N–H and O–H groups in total. The molecule has 0 spiro atoms. The summed E-state index contributed by atoms with van der Waals surface area (Å²) in [6, 6.07) is 3.66. The van der Waals surface area contributed by atoms with E-state index in [1.165, 1.54) is 23.7 Å².